The minimum atomic E-state index is -0.729. The first-order chi connectivity index (χ1) is 4.79. The van der Waals surface area contributed by atoms with Gasteiger partial charge in [-0.15, -0.1) is 0 Å². The number of rotatable bonds is 2. The van der Waals surface area contributed by atoms with Gasteiger partial charge in [0, 0.05) is 6.54 Å². The summed E-state index contributed by atoms with van der Waals surface area (Å²) in [7, 11) is 0. The van der Waals surface area contributed by atoms with Crippen molar-refractivity contribution in [2.45, 2.75) is 12.8 Å². The van der Waals surface area contributed by atoms with E-state index in [1.807, 2.05) is 6.08 Å². The van der Waals surface area contributed by atoms with Crippen molar-refractivity contribution in [2.75, 3.05) is 13.1 Å². The van der Waals surface area contributed by atoms with Crippen LogP contribution in [-0.2, 0) is 4.79 Å². The molecule has 0 saturated carbocycles. The summed E-state index contributed by atoms with van der Waals surface area (Å²) in [5.74, 6) is -0.729. The van der Waals surface area contributed by atoms with Gasteiger partial charge in [0.25, 0.3) is 0 Å². The Bertz CT molecular complexity index is 163. The maximum atomic E-state index is 10.2. The summed E-state index contributed by atoms with van der Waals surface area (Å²) in [6.07, 6.45) is 3.05. The van der Waals surface area contributed by atoms with Crippen LogP contribution in [0.15, 0.2) is 11.6 Å². The molecule has 56 valence electrons. The van der Waals surface area contributed by atoms with Gasteiger partial charge in [-0.1, -0.05) is 11.6 Å². The van der Waals surface area contributed by atoms with Crippen molar-refractivity contribution < 1.29 is 9.90 Å². The SMILES string of the molecule is O=C(O)CC1=CCNCC1. The molecule has 0 bridgehead atoms. The Morgan fingerprint density at radius 1 is 1.80 bits per heavy atom. The minimum Gasteiger partial charge on any atom is -0.481 e. The monoisotopic (exact) mass is 141 g/mol. The molecule has 0 spiro atoms. The van der Waals surface area contributed by atoms with Gasteiger partial charge >= 0.3 is 5.97 Å². The molecular weight excluding hydrogens is 130 g/mol. The molecule has 10 heavy (non-hydrogen) atoms. The first-order valence-electron chi connectivity index (χ1n) is 3.39. The van der Waals surface area contributed by atoms with E-state index in [0.717, 1.165) is 25.1 Å². The molecule has 0 amide bonds. The quantitative estimate of drug-likeness (QED) is 0.546. The van der Waals surface area contributed by atoms with Gasteiger partial charge in [-0.2, -0.15) is 0 Å². The maximum absolute atomic E-state index is 10.2. The standard InChI is InChI=1S/C7H11NO2/c9-7(10)5-6-1-3-8-4-2-6/h1,8H,2-5H2,(H,9,10). The fourth-order valence-electron chi connectivity index (χ4n) is 1.02. The fourth-order valence-corrected chi connectivity index (χ4v) is 1.02. The molecule has 0 fully saturated rings. The third-order valence-corrected chi connectivity index (χ3v) is 1.54. The first-order valence-corrected chi connectivity index (χ1v) is 3.39. The average Bonchev–Trinajstić information content (AvgIpc) is 1.88. The number of nitrogens with one attached hydrogen (secondary N) is 1. The lowest BCUT2D eigenvalue weighted by Gasteiger charge is -2.11. The molecule has 0 aliphatic carbocycles. The van der Waals surface area contributed by atoms with Gasteiger partial charge in [0.05, 0.1) is 6.42 Å². The Morgan fingerprint density at radius 3 is 3.10 bits per heavy atom. The van der Waals surface area contributed by atoms with Crippen molar-refractivity contribution >= 4 is 5.97 Å². The van der Waals surface area contributed by atoms with Crippen molar-refractivity contribution in [1.82, 2.24) is 5.32 Å². The average molecular weight is 141 g/mol. The topological polar surface area (TPSA) is 49.3 Å². The zero-order valence-electron chi connectivity index (χ0n) is 5.76. The van der Waals surface area contributed by atoms with Gasteiger partial charge in [-0.05, 0) is 13.0 Å². The van der Waals surface area contributed by atoms with Crippen LogP contribution in [0.2, 0.25) is 0 Å². The van der Waals surface area contributed by atoms with Crippen LogP contribution in [-0.4, -0.2) is 24.2 Å². The highest BCUT2D eigenvalue weighted by Crippen LogP contribution is 2.08. The van der Waals surface area contributed by atoms with E-state index in [4.69, 9.17) is 5.11 Å². The summed E-state index contributed by atoms with van der Waals surface area (Å²) in [6, 6.07) is 0. The van der Waals surface area contributed by atoms with E-state index in [9.17, 15) is 4.79 Å². The van der Waals surface area contributed by atoms with E-state index in [1.54, 1.807) is 0 Å². The first kappa shape index (κ1) is 7.28. The van der Waals surface area contributed by atoms with Gasteiger partial charge in [0.2, 0.25) is 0 Å². The van der Waals surface area contributed by atoms with E-state index < -0.39 is 5.97 Å². The fraction of sp³-hybridized carbons (Fsp3) is 0.571. The van der Waals surface area contributed by atoms with Crippen LogP contribution in [0.5, 0.6) is 0 Å². The lowest BCUT2D eigenvalue weighted by Crippen LogP contribution is -2.21. The Kier molecular flexibility index (Phi) is 2.45. The van der Waals surface area contributed by atoms with Gasteiger partial charge in [-0.3, -0.25) is 4.79 Å². The van der Waals surface area contributed by atoms with Crippen molar-refractivity contribution in [3.63, 3.8) is 0 Å². The van der Waals surface area contributed by atoms with Gasteiger partial charge in [0.1, 0.15) is 0 Å². The molecule has 0 aromatic heterocycles. The zero-order chi connectivity index (χ0) is 7.40. The predicted molar refractivity (Wildman–Crippen MR) is 37.8 cm³/mol. The lowest BCUT2D eigenvalue weighted by atomic mass is 10.1. The summed E-state index contributed by atoms with van der Waals surface area (Å²) in [4.78, 5) is 10.2. The lowest BCUT2D eigenvalue weighted by molar-refractivity contribution is -0.136. The molecule has 1 rings (SSSR count). The summed E-state index contributed by atoms with van der Waals surface area (Å²) < 4.78 is 0. The second-order valence-electron chi connectivity index (χ2n) is 2.39. The number of hydrogen-bond acceptors (Lipinski definition) is 2. The van der Waals surface area contributed by atoms with E-state index in [2.05, 4.69) is 5.32 Å². The van der Waals surface area contributed by atoms with Crippen LogP contribution in [0, 0.1) is 0 Å². The van der Waals surface area contributed by atoms with E-state index >= 15 is 0 Å². The molecule has 0 aromatic rings. The third-order valence-electron chi connectivity index (χ3n) is 1.54. The summed E-state index contributed by atoms with van der Waals surface area (Å²) in [5, 5.41) is 11.5. The smallest absolute Gasteiger partial charge is 0.307 e. The van der Waals surface area contributed by atoms with Crippen LogP contribution in [0.3, 0.4) is 0 Å². The highest BCUT2D eigenvalue weighted by Gasteiger charge is 2.05. The summed E-state index contributed by atoms with van der Waals surface area (Å²) >= 11 is 0. The van der Waals surface area contributed by atoms with E-state index in [0.29, 0.717) is 0 Å². The Balaban J connectivity index is 2.38. The molecule has 1 heterocycles. The molecule has 0 radical (unpaired) electrons. The van der Waals surface area contributed by atoms with Crippen LogP contribution >= 0.6 is 0 Å². The molecule has 0 atom stereocenters. The molecule has 3 heteroatoms. The molecular formula is C7H11NO2. The van der Waals surface area contributed by atoms with Gasteiger partial charge in [-0.25, -0.2) is 0 Å². The Morgan fingerprint density at radius 2 is 2.60 bits per heavy atom. The van der Waals surface area contributed by atoms with Crippen LogP contribution in [0.25, 0.3) is 0 Å². The van der Waals surface area contributed by atoms with Crippen molar-refractivity contribution in [1.29, 1.82) is 0 Å². The van der Waals surface area contributed by atoms with Crippen LogP contribution in [0.4, 0.5) is 0 Å². The van der Waals surface area contributed by atoms with Gasteiger partial charge < -0.3 is 10.4 Å². The van der Waals surface area contributed by atoms with Crippen molar-refractivity contribution in [3.8, 4) is 0 Å². The highest BCUT2D eigenvalue weighted by atomic mass is 16.4. The molecule has 0 aromatic carbocycles. The third kappa shape index (κ3) is 2.19. The number of carbonyl (C=O) groups is 1. The Hall–Kier alpha value is -0.830. The maximum Gasteiger partial charge on any atom is 0.307 e. The molecule has 2 N–H and O–H groups in total. The minimum absolute atomic E-state index is 0.210. The number of carboxylic acid groups (broad SMARTS) is 1. The number of hydrogen-bond donors (Lipinski definition) is 2. The van der Waals surface area contributed by atoms with Crippen molar-refractivity contribution in [3.05, 3.63) is 11.6 Å². The Labute approximate surface area is 59.7 Å². The molecule has 0 saturated heterocycles. The summed E-state index contributed by atoms with van der Waals surface area (Å²) in [6.45, 7) is 1.74. The van der Waals surface area contributed by atoms with E-state index in [-0.39, 0.29) is 6.42 Å². The normalized spacial score (nSPS) is 18.2. The van der Waals surface area contributed by atoms with E-state index in [1.165, 1.54) is 0 Å². The molecule has 1 aliphatic heterocycles. The number of aliphatic carboxylic acids is 1. The molecule has 3 nitrogen and oxygen atoms in total. The second-order valence-corrected chi connectivity index (χ2v) is 2.39. The van der Waals surface area contributed by atoms with Gasteiger partial charge in [0.15, 0.2) is 0 Å². The largest absolute Gasteiger partial charge is 0.481 e. The molecule has 0 unspecified atom stereocenters. The zero-order valence-corrected chi connectivity index (χ0v) is 5.76. The number of carboxylic acids is 1. The highest BCUT2D eigenvalue weighted by molar-refractivity contribution is 5.70. The van der Waals surface area contributed by atoms with Crippen molar-refractivity contribution in [2.24, 2.45) is 0 Å². The summed E-state index contributed by atoms with van der Waals surface area (Å²) in [5.41, 5.74) is 1.05. The van der Waals surface area contributed by atoms with Crippen LogP contribution in [0.1, 0.15) is 12.8 Å². The molecule has 1 aliphatic rings. The second kappa shape index (κ2) is 3.37. The van der Waals surface area contributed by atoms with Crippen LogP contribution < -0.4 is 5.32 Å². The predicted octanol–water partition coefficient (Wildman–Crippen LogP) is 0.381.